The fourth-order valence-electron chi connectivity index (χ4n) is 4.35. The molecule has 5 rings (SSSR count). The van der Waals surface area contributed by atoms with Crippen LogP contribution >= 0.6 is 11.3 Å². The lowest BCUT2D eigenvalue weighted by Gasteiger charge is -2.20. The molecule has 1 N–H and O–H groups in total. The molecule has 0 bridgehead atoms. The van der Waals surface area contributed by atoms with Crippen molar-refractivity contribution in [1.82, 2.24) is 9.97 Å². The lowest BCUT2D eigenvalue weighted by Crippen LogP contribution is -2.16. The number of ether oxygens (including phenoxy) is 2. The molecule has 5 aromatic rings. The van der Waals surface area contributed by atoms with E-state index >= 15 is 0 Å². The van der Waals surface area contributed by atoms with Crippen LogP contribution in [0.3, 0.4) is 0 Å². The maximum atomic E-state index is 13.4. The number of hydrogen-bond donors (Lipinski definition) is 1. The number of aryl methyl sites for hydroxylation is 1. The summed E-state index contributed by atoms with van der Waals surface area (Å²) >= 11 is 1.62. The Balaban J connectivity index is 1.34. The number of thiophene rings is 1. The monoisotopic (exact) mass is 599 g/mol. The van der Waals surface area contributed by atoms with Gasteiger partial charge in [-0.1, -0.05) is 68.8 Å². The standard InChI is InChI=1S/C33H33N3O4S2/c1-23-8-10-24(11-9-23)31-29(36-42(37,38)28-14-12-27(13-15-28)33(2,3)4)6-5-7-30(31)39-17-18-40-32-34-20-26(21-35-32)25-16-19-41-22-25/h5-16,19-22,36H,17-18H2,1-4H3. The van der Waals surface area contributed by atoms with Gasteiger partial charge in [0.05, 0.1) is 10.6 Å². The summed E-state index contributed by atoms with van der Waals surface area (Å²) in [5.41, 5.74) is 5.95. The molecule has 9 heteroatoms. The second-order valence-electron chi connectivity index (χ2n) is 10.9. The van der Waals surface area contributed by atoms with Gasteiger partial charge in [-0.05, 0) is 70.1 Å². The Labute approximate surface area is 251 Å². The fraction of sp³-hybridized carbons (Fsp3) is 0.212. The Morgan fingerprint density at radius 3 is 2.14 bits per heavy atom. The predicted octanol–water partition coefficient (Wildman–Crippen LogP) is 7.74. The van der Waals surface area contributed by atoms with Gasteiger partial charge in [-0.15, -0.1) is 0 Å². The van der Waals surface area contributed by atoms with E-state index in [-0.39, 0.29) is 29.5 Å². The maximum absolute atomic E-state index is 13.4. The molecule has 0 radical (unpaired) electrons. The highest BCUT2D eigenvalue weighted by Crippen LogP contribution is 2.38. The fourth-order valence-corrected chi connectivity index (χ4v) is 6.08. The molecule has 42 heavy (non-hydrogen) atoms. The summed E-state index contributed by atoms with van der Waals surface area (Å²) in [7, 11) is -3.86. The minimum absolute atomic E-state index is 0.0800. The van der Waals surface area contributed by atoms with Crippen LogP contribution in [0.5, 0.6) is 11.8 Å². The molecule has 0 unspecified atom stereocenters. The highest BCUT2D eigenvalue weighted by molar-refractivity contribution is 7.92. The van der Waals surface area contributed by atoms with Gasteiger partial charge in [0.2, 0.25) is 0 Å². The molecule has 0 atom stereocenters. The van der Waals surface area contributed by atoms with Crippen LogP contribution in [-0.2, 0) is 15.4 Å². The van der Waals surface area contributed by atoms with E-state index in [2.05, 4.69) is 35.5 Å². The van der Waals surface area contributed by atoms with Gasteiger partial charge in [-0.25, -0.2) is 18.4 Å². The minimum atomic E-state index is -3.86. The van der Waals surface area contributed by atoms with E-state index in [1.54, 1.807) is 48.0 Å². The van der Waals surface area contributed by atoms with Crippen molar-refractivity contribution in [2.75, 3.05) is 17.9 Å². The van der Waals surface area contributed by atoms with Crippen molar-refractivity contribution in [3.8, 4) is 34.0 Å². The summed E-state index contributed by atoms with van der Waals surface area (Å²) in [4.78, 5) is 8.78. The first-order chi connectivity index (χ1) is 20.1. The Morgan fingerprint density at radius 1 is 0.810 bits per heavy atom. The molecular formula is C33H33N3O4S2. The van der Waals surface area contributed by atoms with Crippen LogP contribution < -0.4 is 14.2 Å². The molecule has 0 amide bonds. The summed E-state index contributed by atoms with van der Waals surface area (Å²) in [5.74, 6) is 0.527. The Bertz CT molecular complexity index is 1730. The number of sulfonamides is 1. The second kappa shape index (κ2) is 12.3. The summed E-state index contributed by atoms with van der Waals surface area (Å²) in [6, 6.07) is 22.5. The Morgan fingerprint density at radius 2 is 1.50 bits per heavy atom. The summed E-state index contributed by atoms with van der Waals surface area (Å²) in [5, 5.41) is 4.04. The van der Waals surface area contributed by atoms with Crippen LogP contribution in [0.4, 0.5) is 5.69 Å². The molecule has 3 aromatic carbocycles. The quantitative estimate of drug-likeness (QED) is 0.165. The van der Waals surface area contributed by atoms with Crippen molar-refractivity contribution in [1.29, 1.82) is 0 Å². The number of nitrogens with zero attached hydrogens (tertiary/aromatic N) is 2. The van der Waals surface area contributed by atoms with Gasteiger partial charge >= 0.3 is 6.01 Å². The van der Waals surface area contributed by atoms with Gasteiger partial charge < -0.3 is 9.47 Å². The van der Waals surface area contributed by atoms with E-state index in [1.807, 2.05) is 66.2 Å². The molecule has 0 saturated heterocycles. The first kappa shape index (κ1) is 29.3. The number of hydrogen-bond acceptors (Lipinski definition) is 7. The minimum Gasteiger partial charge on any atom is -0.489 e. The average Bonchev–Trinajstić information content (AvgIpc) is 3.51. The Hall–Kier alpha value is -4.21. The third kappa shape index (κ3) is 6.98. The van der Waals surface area contributed by atoms with E-state index in [1.165, 1.54) is 0 Å². The smallest absolute Gasteiger partial charge is 0.316 e. The lowest BCUT2D eigenvalue weighted by molar-refractivity contribution is 0.206. The highest BCUT2D eigenvalue weighted by Gasteiger charge is 2.21. The van der Waals surface area contributed by atoms with Crippen molar-refractivity contribution in [2.45, 2.75) is 38.0 Å². The molecule has 2 aromatic heterocycles. The van der Waals surface area contributed by atoms with Crippen LogP contribution in [0.15, 0.2) is 101 Å². The number of nitrogens with one attached hydrogen (secondary N) is 1. The van der Waals surface area contributed by atoms with Crippen molar-refractivity contribution < 1.29 is 17.9 Å². The van der Waals surface area contributed by atoms with Crippen LogP contribution in [0, 0.1) is 6.92 Å². The van der Waals surface area contributed by atoms with Gasteiger partial charge in [0.25, 0.3) is 10.0 Å². The number of aromatic nitrogens is 2. The zero-order chi connectivity index (χ0) is 29.7. The predicted molar refractivity (Wildman–Crippen MR) is 169 cm³/mol. The summed E-state index contributed by atoms with van der Waals surface area (Å²) in [6.45, 7) is 8.69. The van der Waals surface area contributed by atoms with E-state index in [4.69, 9.17) is 9.47 Å². The molecular weight excluding hydrogens is 567 g/mol. The third-order valence-corrected chi connectivity index (χ3v) is 8.76. The third-order valence-electron chi connectivity index (χ3n) is 6.70. The van der Waals surface area contributed by atoms with Crippen LogP contribution in [0.25, 0.3) is 22.3 Å². The van der Waals surface area contributed by atoms with E-state index in [0.717, 1.165) is 27.8 Å². The second-order valence-corrected chi connectivity index (χ2v) is 13.4. The van der Waals surface area contributed by atoms with Crippen molar-refractivity contribution in [3.05, 3.63) is 107 Å². The zero-order valence-electron chi connectivity index (χ0n) is 24.0. The van der Waals surface area contributed by atoms with E-state index in [0.29, 0.717) is 17.0 Å². The normalized spacial score (nSPS) is 11.7. The Kier molecular flexibility index (Phi) is 8.61. The van der Waals surface area contributed by atoms with Gasteiger partial charge in [-0.2, -0.15) is 11.3 Å². The zero-order valence-corrected chi connectivity index (χ0v) is 25.6. The molecule has 0 aliphatic rings. The van der Waals surface area contributed by atoms with Gasteiger partial charge in [0.1, 0.15) is 19.0 Å². The van der Waals surface area contributed by atoms with E-state index in [9.17, 15) is 8.42 Å². The first-order valence-electron chi connectivity index (χ1n) is 13.5. The SMILES string of the molecule is Cc1ccc(-c2c(NS(=O)(=O)c3ccc(C(C)(C)C)cc3)cccc2OCCOc2ncc(-c3ccsc3)cn2)cc1. The average molecular weight is 600 g/mol. The first-order valence-corrected chi connectivity index (χ1v) is 16.0. The molecule has 7 nitrogen and oxygen atoms in total. The summed E-state index contributed by atoms with van der Waals surface area (Å²) < 4.78 is 41.5. The highest BCUT2D eigenvalue weighted by atomic mass is 32.2. The molecule has 0 saturated carbocycles. The molecule has 0 aliphatic heterocycles. The number of benzene rings is 3. The molecule has 0 spiro atoms. The van der Waals surface area contributed by atoms with Gasteiger partial charge in [-0.3, -0.25) is 4.72 Å². The van der Waals surface area contributed by atoms with Crippen LogP contribution in [0.2, 0.25) is 0 Å². The van der Waals surface area contributed by atoms with Gasteiger partial charge in [0.15, 0.2) is 0 Å². The van der Waals surface area contributed by atoms with Crippen molar-refractivity contribution in [3.63, 3.8) is 0 Å². The molecule has 0 fully saturated rings. The van der Waals surface area contributed by atoms with E-state index < -0.39 is 10.0 Å². The van der Waals surface area contributed by atoms with Crippen molar-refractivity contribution >= 4 is 27.0 Å². The lowest BCUT2D eigenvalue weighted by atomic mass is 9.87. The number of rotatable bonds is 10. The molecule has 216 valence electrons. The summed E-state index contributed by atoms with van der Waals surface area (Å²) in [6.07, 6.45) is 3.46. The van der Waals surface area contributed by atoms with Crippen LogP contribution in [0.1, 0.15) is 31.9 Å². The molecule has 2 heterocycles. The topological polar surface area (TPSA) is 90.4 Å². The van der Waals surface area contributed by atoms with Gasteiger partial charge in [0, 0.05) is 23.5 Å². The largest absolute Gasteiger partial charge is 0.489 e. The number of anilines is 1. The molecule has 0 aliphatic carbocycles. The van der Waals surface area contributed by atoms with Crippen LogP contribution in [-0.4, -0.2) is 31.6 Å². The van der Waals surface area contributed by atoms with Crippen molar-refractivity contribution in [2.24, 2.45) is 0 Å². The maximum Gasteiger partial charge on any atom is 0.316 e.